The third kappa shape index (κ3) is 5.66. The number of piperidine rings is 3. The highest BCUT2D eigenvalue weighted by Crippen LogP contribution is 2.45. The number of carbonyl (C=O) groups is 2. The summed E-state index contributed by atoms with van der Waals surface area (Å²) >= 11 is 0. The van der Waals surface area contributed by atoms with E-state index in [-0.39, 0.29) is 24.4 Å². The van der Waals surface area contributed by atoms with E-state index < -0.39 is 25.8 Å². The van der Waals surface area contributed by atoms with Crippen molar-refractivity contribution < 1.29 is 27.9 Å². The van der Waals surface area contributed by atoms with Crippen LogP contribution in [-0.2, 0) is 23.4 Å². The molecule has 1 N–H and O–H groups in total. The molecule has 0 radical (unpaired) electrons. The van der Waals surface area contributed by atoms with Gasteiger partial charge < -0.3 is 9.26 Å². The van der Waals surface area contributed by atoms with E-state index in [4.69, 9.17) is 13.8 Å². The quantitative estimate of drug-likeness (QED) is 0.478. The van der Waals surface area contributed by atoms with Crippen LogP contribution in [0.1, 0.15) is 33.6 Å². The van der Waals surface area contributed by atoms with Gasteiger partial charge in [0, 0.05) is 5.92 Å². The van der Waals surface area contributed by atoms with Gasteiger partial charge in [0.25, 0.3) is 0 Å². The molecule has 1 aromatic rings. The van der Waals surface area contributed by atoms with Crippen molar-refractivity contribution in [3.05, 3.63) is 30.3 Å². The van der Waals surface area contributed by atoms with Crippen molar-refractivity contribution in [3.8, 4) is 5.75 Å². The lowest BCUT2D eigenvalue weighted by atomic mass is 9.82. The maximum atomic E-state index is 13.4. The molecule has 3 heterocycles. The maximum absolute atomic E-state index is 13.4. The van der Waals surface area contributed by atoms with Crippen LogP contribution in [0, 0.1) is 5.92 Å². The Morgan fingerprint density at radius 3 is 2.45 bits per heavy atom. The minimum atomic E-state index is -3.94. The fraction of sp³-hybridized carbons (Fsp3) is 0.600. The Labute approximate surface area is 171 Å². The number of nitrogens with zero attached hydrogens (tertiary/aromatic N) is 1. The summed E-state index contributed by atoms with van der Waals surface area (Å²) in [7, 11) is -3.94. The van der Waals surface area contributed by atoms with E-state index in [0.717, 1.165) is 25.9 Å². The fourth-order valence-corrected chi connectivity index (χ4v) is 5.13. The number of fused-ring (bicyclic) bond motifs is 3. The van der Waals surface area contributed by atoms with Crippen molar-refractivity contribution in [2.75, 3.05) is 19.7 Å². The van der Waals surface area contributed by atoms with E-state index in [9.17, 15) is 14.2 Å². The predicted octanol–water partition coefficient (Wildman–Crippen LogP) is 2.78. The summed E-state index contributed by atoms with van der Waals surface area (Å²) in [6.07, 6.45) is 1.43. The van der Waals surface area contributed by atoms with E-state index in [1.165, 1.54) is 6.92 Å². The minimum absolute atomic E-state index is 0.0518. The van der Waals surface area contributed by atoms with E-state index in [1.54, 1.807) is 44.2 Å². The van der Waals surface area contributed by atoms with Crippen molar-refractivity contribution >= 4 is 19.5 Å². The lowest BCUT2D eigenvalue weighted by Gasteiger charge is -2.43. The van der Waals surface area contributed by atoms with Gasteiger partial charge in [0.15, 0.2) is 5.78 Å². The zero-order chi connectivity index (χ0) is 21.0. The smallest absolute Gasteiger partial charge is 0.459 e. The van der Waals surface area contributed by atoms with Crippen LogP contribution in [0.4, 0.5) is 0 Å². The number of rotatable bonds is 9. The average molecular weight is 424 g/mol. The van der Waals surface area contributed by atoms with Gasteiger partial charge in [-0.05, 0) is 58.8 Å². The van der Waals surface area contributed by atoms with Gasteiger partial charge >= 0.3 is 13.7 Å². The summed E-state index contributed by atoms with van der Waals surface area (Å²) in [5.41, 5.74) is 0. The van der Waals surface area contributed by atoms with Crippen LogP contribution in [0.15, 0.2) is 30.3 Å². The van der Waals surface area contributed by atoms with E-state index >= 15 is 0 Å². The van der Waals surface area contributed by atoms with Crippen molar-refractivity contribution in [1.29, 1.82) is 0 Å². The van der Waals surface area contributed by atoms with Crippen molar-refractivity contribution in [3.63, 3.8) is 0 Å². The van der Waals surface area contributed by atoms with Crippen LogP contribution in [0.5, 0.6) is 5.75 Å². The number of benzene rings is 1. The second-order valence-corrected chi connectivity index (χ2v) is 9.46. The molecule has 3 saturated heterocycles. The first-order chi connectivity index (χ1) is 13.8. The molecule has 2 bridgehead atoms. The molecule has 3 aliphatic heterocycles. The fourth-order valence-electron chi connectivity index (χ4n) is 3.64. The molecule has 3 fully saturated rings. The molecule has 8 nitrogen and oxygen atoms in total. The highest BCUT2D eigenvalue weighted by molar-refractivity contribution is 7.52. The number of nitrogens with one attached hydrogen (secondary N) is 1. The molecule has 4 rings (SSSR count). The third-order valence-corrected chi connectivity index (χ3v) is 6.77. The Hall–Kier alpha value is -1.73. The van der Waals surface area contributed by atoms with E-state index in [1.807, 2.05) is 0 Å². The van der Waals surface area contributed by atoms with Gasteiger partial charge in [-0.1, -0.05) is 18.2 Å². The second kappa shape index (κ2) is 9.39. The Morgan fingerprint density at radius 2 is 1.86 bits per heavy atom. The average Bonchev–Trinajstić information content (AvgIpc) is 2.68. The Balaban J connectivity index is 1.71. The second-order valence-electron chi connectivity index (χ2n) is 7.76. The van der Waals surface area contributed by atoms with Gasteiger partial charge in [-0.15, -0.1) is 0 Å². The molecule has 1 aromatic carbocycles. The van der Waals surface area contributed by atoms with Crippen LogP contribution in [0.3, 0.4) is 0 Å². The van der Waals surface area contributed by atoms with Crippen molar-refractivity contribution in [2.24, 2.45) is 5.92 Å². The zero-order valence-corrected chi connectivity index (χ0v) is 18.0. The molecule has 0 aliphatic carbocycles. The van der Waals surface area contributed by atoms with Crippen molar-refractivity contribution in [2.45, 2.75) is 51.8 Å². The van der Waals surface area contributed by atoms with Crippen molar-refractivity contribution in [1.82, 2.24) is 9.99 Å². The lowest BCUT2D eigenvalue weighted by Crippen LogP contribution is -2.57. The molecule has 0 saturated carbocycles. The Bertz CT molecular complexity index is 763. The number of hydrogen-bond acceptors (Lipinski definition) is 7. The van der Waals surface area contributed by atoms with Crippen LogP contribution < -0.4 is 9.61 Å². The van der Waals surface area contributed by atoms with Crippen LogP contribution >= 0.6 is 7.75 Å². The molecule has 0 amide bonds. The number of ketones is 1. The largest absolute Gasteiger partial charge is 0.462 e. The normalized spacial score (nSPS) is 26.8. The van der Waals surface area contributed by atoms with Gasteiger partial charge in [-0.25, -0.2) is 4.57 Å². The first-order valence-corrected chi connectivity index (χ1v) is 11.6. The van der Waals surface area contributed by atoms with E-state index in [2.05, 4.69) is 9.99 Å². The lowest BCUT2D eigenvalue weighted by molar-refractivity contribution is -0.149. The predicted molar refractivity (Wildman–Crippen MR) is 108 cm³/mol. The Kier molecular flexibility index (Phi) is 7.11. The van der Waals surface area contributed by atoms with Crippen LogP contribution in [-0.4, -0.2) is 54.5 Å². The molecule has 160 valence electrons. The molecule has 29 heavy (non-hydrogen) atoms. The summed E-state index contributed by atoms with van der Waals surface area (Å²) in [5.74, 6) is -0.0430. The first kappa shape index (κ1) is 22.0. The summed E-state index contributed by atoms with van der Waals surface area (Å²) in [4.78, 5) is 26.8. The molecule has 3 atom stereocenters. The number of Topliss-reactive ketones (excluding diaryl/α,β-unsaturated/α-hetero) is 1. The molecule has 3 aliphatic rings. The van der Waals surface area contributed by atoms with Gasteiger partial charge in [0.2, 0.25) is 0 Å². The summed E-state index contributed by atoms with van der Waals surface area (Å²) in [6, 6.07) is 7.23. The first-order valence-electron chi connectivity index (χ1n) is 10.0. The highest BCUT2D eigenvalue weighted by Gasteiger charge is 2.43. The zero-order valence-electron chi connectivity index (χ0n) is 17.1. The van der Waals surface area contributed by atoms with Crippen LogP contribution in [0.2, 0.25) is 0 Å². The SMILES string of the molecule is CC(C)OC(=O)[C@H](C)NP(=O)(OCC1C(=O)C2CCN1CC2)Oc1ccccc1. The standard InChI is InChI=1S/C20H29N2O6P/c1-14(2)27-20(24)15(3)21-29(25,28-17-7-5-4-6-8-17)26-13-18-19(23)16-9-11-22(18)12-10-16/h4-8,14-16,18H,9-13H2,1-3H3,(H,21,25)/t15-,18?,29?/m0/s1. The molecular weight excluding hydrogens is 395 g/mol. The minimum Gasteiger partial charge on any atom is -0.462 e. The third-order valence-electron chi connectivity index (χ3n) is 5.13. The number of ether oxygens (including phenoxy) is 1. The summed E-state index contributed by atoms with van der Waals surface area (Å²) in [5, 5.41) is 2.65. The maximum Gasteiger partial charge on any atom is 0.459 e. The highest BCUT2D eigenvalue weighted by atomic mass is 31.2. The van der Waals surface area contributed by atoms with Gasteiger partial charge in [-0.2, -0.15) is 5.09 Å². The molecular formula is C20H29N2O6P. The summed E-state index contributed by atoms with van der Waals surface area (Å²) < 4.78 is 29.9. The monoisotopic (exact) mass is 424 g/mol. The van der Waals surface area contributed by atoms with Gasteiger partial charge in [0.1, 0.15) is 11.8 Å². The molecule has 0 spiro atoms. The molecule has 9 heteroatoms. The van der Waals surface area contributed by atoms with Gasteiger partial charge in [-0.3, -0.25) is 19.0 Å². The number of esters is 1. The van der Waals surface area contributed by atoms with Gasteiger partial charge in [0.05, 0.1) is 18.8 Å². The topological polar surface area (TPSA) is 94.2 Å². The molecule has 0 aromatic heterocycles. The summed E-state index contributed by atoms with van der Waals surface area (Å²) in [6.45, 7) is 6.61. The number of para-hydroxylation sites is 1. The Morgan fingerprint density at radius 1 is 1.21 bits per heavy atom. The van der Waals surface area contributed by atoms with Crippen LogP contribution in [0.25, 0.3) is 0 Å². The number of hydrogen-bond donors (Lipinski definition) is 1. The molecule has 2 unspecified atom stereocenters. The number of carbonyl (C=O) groups excluding carboxylic acids is 2. The van der Waals surface area contributed by atoms with E-state index in [0.29, 0.717) is 5.75 Å².